The minimum atomic E-state index is -0.625. The fourth-order valence-electron chi connectivity index (χ4n) is 2.81. The first-order chi connectivity index (χ1) is 15.4. The minimum absolute atomic E-state index is 0.0287. The lowest BCUT2D eigenvalue weighted by molar-refractivity contribution is 0.0435. The van der Waals surface area contributed by atoms with Gasteiger partial charge in [0, 0.05) is 19.0 Å². The second-order valence-corrected chi connectivity index (χ2v) is 6.76. The quantitative estimate of drug-likeness (QED) is 0.265. The Morgan fingerprint density at radius 1 is 0.781 bits per heavy atom. The van der Waals surface area contributed by atoms with Crippen molar-refractivity contribution in [2.45, 2.75) is 13.2 Å². The Morgan fingerprint density at radius 2 is 1.25 bits per heavy atom. The summed E-state index contributed by atoms with van der Waals surface area (Å²) in [6.45, 7) is -0.107. The molecule has 0 fully saturated rings. The molecular formula is C23H20O8S. The highest BCUT2D eigenvalue weighted by molar-refractivity contribution is 7.75. The van der Waals surface area contributed by atoms with Crippen molar-refractivity contribution in [2.24, 2.45) is 0 Å². The molecule has 3 rings (SSSR count). The molecule has 0 radical (unpaired) electrons. The van der Waals surface area contributed by atoms with Gasteiger partial charge in [-0.1, -0.05) is 24.3 Å². The number of phenolic OH excluding ortho intramolecular Hbond substituents is 2. The topological polar surface area (TPSA) is 112 Å². The van der Waals surface area contributed by atoms with Crippen LogP contribution in [0.4, 0.5) is 0 Å². The fraction of sp³-hybridized carbons (Fsp3) is 0.130. The number of phenols is 2. The maximum absolute atomic E-state index is 12.4. The van der Waals surface area contributed by atoms with E-state index in [0.717, 1.165) is 0 Å². The number of hydrogen-bond acceptors (Lipinski definition) is 9. The van der Waals surface area contributed by atoms with Gasteiger partial charge in [-0.3, -0.25) is 0 Å². The summed E-state index contributed by atoms with van der Waals surface area (Å²) in [4.78, 5) is 24.7. The van der Waals surface area contributed by atoms with Crippen molar-refractivity contribution in [3.63, 3.8) is 0 Å². The van der Waals surface area contributed by atoms with Crippen LogP contribution in [0.3, 0.4) is 0 Å². The van der Waals surface area contributed by atoms with Crippen LogP contribution < -0.4 is 8.92 Å². The predicted octanol–water partition coefficient (Wildman–Crippen LogP) is 4.04. The third-order valence-electron chi connectivity index (χ3n) is 4.55. The molecule has 0 aliphatic heterocycles. The van der Waals surface area contributed by atoms with E-state index in [4.69, 9.17) is 18.4 Å². The van der Waals surface area contributed by atoms with E-state index in [9.17, 15) is 19.8 Å². The smallest absolute Gasteiger partial charge is 0.338 e. The normalized spacial score (nSPS) is 10.3. The molecule has 3 aromatic carbocycles. The van der Waals surface area contributed by atoms with Crippen LogP contribution in [0.2, 0.25) is 0 Å². The summed E-state index contributed by atoms with van der Waals surface area (Å²) in [5, 5.41) is 19.3. The molecule has 0 heterocycles. The second-order valence-electron chi connectivity index (χ2n) is 6.58. The number of carbonyl (C=O) groups is 2. The third-order valence-corrected chi connectivity index (χ3v) is 4.74. The molecule has 2 N–H and O–H groups in total. The van der Waals surface area contributed by atoms with Crippen LogP contribution in [0.25, 0.3) is 0 Å². The van der Waals surface area contributed by atoms with E-state index in [2.05, 4.69) is 12.9 Å². The highest BCUT2D eigenvalue weighted by Gasteiger charge is 2.15. The van der Waals surface area contributed by atoms with Crippen LogP contribution in [0, 0.1) is 0 Å². The van der Waals surface area contributed by atoms with E-state index in [1.54, 1.807) is 24.3 Å². The number of thiol groups is 1. The summed E-state index contributed by atoms with van der Waals surface area (Å²) in [7, 11) is 1.38. The molecule has 32 heavy (non-hydrogen) atoms. The molecular weight excluding hydrogens is 436 g/mol. The molecule has 9 heteroatoms. The van der Waals surface area contributed by atoms with Crippen LogP contribution in [-0.4, -0.2) is 29.3 Å². The van der Waals surface area contributed by atoms with Crippen LogP contribution in [0.15, 0.2) is 60.7 Å². The van der Waals surface area contributed by atoms with Gasteiger partial charge in [0.1, 0.15) is 13.2 Å². The molecule has 8 nitrogen and oxygen atoms in total. The summed E-state index contributed by atoms with van der Waals surface area (Å²) < 4.78 is 20.4. The Balaban J connectivity index is 1.64. The number of rotatable bonds is 8. The van der Waals surface area contributed by atoms with E-state index in [1.807, 2.05) is 0 Å². The van der Waals surface area contributed by atoms with Gasteiger partial charge < -0.3 is 28.6 Å². The van der Waals surface area contributed by atoms with Gasteiger partial charge in [-0.05, 0) is 41.5 Å². The second kappa shape index (κ2) is 10.5. The Labute approximate surface area is 189 Å². The Kier molecular flexibility index (Phi) is 7.45. The zero-order valence-corrected chi connectivity index (χ0v) is 17.9. The van der Waals surface area contributed by atoms with Gasteiger partial charge in [0.05, 0.1) is 18.2 Å². The van der Waals surface area contributed by atoms with Gasteiger partial charge >= 0.3 is 11.9 Å². The lowest BCUT2D eigenvalue weighted by Gasteiger charge is -2.12. The van der Waals surface area contributed by atoms with Crippen molar-refractivity contribution in [2.75, 3.05) is 7.11 Å². The van der Waals surface area contributed by atoms with Gasteiger partial charge in [0.15, 0.2) is 23.0 Å². The number of carbonyl (C=O) groups excluding carboxylic acids is 2. The number of methoxy groups -OCH3 is 1. The largest absolute Gasteiger partial charge is 0.504 e. The van der Waals surface area contributed by atoms with E-state index in [-0.39, 0.29) is 47.3 Å². The number of aromatic hydroxyl groups is 2. The molecule has 0 unspecified atom stereocenters. The molecule has 0 saturated heterocycles. The lowest BCUT2D eigenvalue weighted by Crippen LogP contribution is -2.09. The first kappa shape index (κ1) is 22.8. The first-order valence-corrected chi connectivity index (χ1v) is 9.72. The van der Waals surface area contributed by atoms with Crippen molar-refractivity contribution in [3.05, 3.63) is 82.9 Å². The molecule has 0 aliphatic rings. The van der Waals surface area contributed by atoms with Crippen molar-refractivity contribution in [3.8, 4) is 23.0 Å². The average molecular weight is 456 g/mol. The van der Waals surface area contributed by atoms with Gasteiger partial charge in [0.2, 0.25) is 0 Å². The Bertz CT molecular complexity index is 1040. The number of ether oxygens (including phenoxy) is 3. The number of hydrogen-bond donors (Lipinski definition) is 3. The maximum atomic E-state index is 12.4. The summed E-state index contributed by atoms with van der Waals surface area (Å²) >= 11 is 3.63. The SMILES string of the molecule is COc1cc(C(=O)OCc2ccccc2COC(=O)c2ccc(O)c(OS)c2)ccc1O. The van der Waals surface area contributed by atoms with E-state index >= 15 is 0 Å². The van der Waals surface area contributed by atoms with E-state index in [1.165, 1.54) is 43.5 Å². The zero-order chi connectivity index (χ0) is 23.1. The molecule has 3 aromatic rings. The summed E-state index contributed by atoms with van der Waals surface area (Å²) in [6, 6.07) is 15.2. The van der Waals surface area contributed by atoms with Crippen LogP contribution in [0.1, 0.15) is 31.8 Å². The van der Waals surface area contributed by atoms with E-state index < -0.39 is 11.9 Å². The first-order valence-electron chi connectivity index (χ1n) is 9.35. The molecule has 166 valence electrons. The van der Waals surface area contributed by atoms with Gasteiger partial charge in [0.25, 0.3) is 0 Å². The minimum Gasteiger partial charge on any atom is -0.504 e. The molecule has 0 amide bonds. The molecule has 0 saturated carbocycles. The third kappa shape index (κ3) is 5.44. The van der Waals surface area contributed by atoms with Crippen LogP contribution >= 0.6 is 12.9 Å². The van der Waals surface area contributed by atoms with Gasteiger partial charge in [-0.2, -0.15) is 0 Å². The monoisotopic (exact) mass is 456 g/mol. The predicted molar refractivity (Wildman–Crippen MR) is 117 cm³/mol. The summed E-state index contributed by atoms with van der Waals surface area (Å²) in [5.74, 6) is -1.28. The average Bonchev–Trinajstić information content (AvgIpc) is 2.82. The van der Waals surface area contributed by atoms with Crippen molar-refractivity contribution in [1.82, 2.24) is 0 Å². The summed E-state index contributed by atoms with van der Waals surface area (Å²) in [6.07, 6.45) is 0. The molecule has 0 aromatic heterocycles. The van der Waals surface area contributed by atoms with Gasteiger partial charge in [-0.15, -0.1) is 0 Å². The van der Waals surface area contributed by atoms with Crippen molar-refractivity contribution in [1.29, 1.82) is 0 Å². The fourth-order valence-corrected chi connectivity index (χ4v) is 2.96. The molecule has 0 bridgehead atoms. The van der Waals surface area contributed by atoms with Crippen LogP contribution in [0.5, 0.6) is 23.0 Å². The van der Waals surface area contributed by atoms with Gasteiger partial charge in [-0.25, -0.2) is 9.59 Å². The lowest BCUT2D eigenvalue weighted by atomic mass is 10.1. The van der Waals surface area contributed by atoms with E-state index in [0.29, 0.717) is 11.1 Å². The van der Waals surface area contributed by atoms with Crippen molar-refractivity contribution >= 4 is 24.8 Å². The zero-order valence-electron chi connectivity index (χ0n) is 17.0. The number of benzene rings is 3. The molecule has 0 spiro atoms. The highest BCUT2D eigenvalue weighted by atomic mass is 32.1. The maximum Gasteiger partial charge on any atom is 0.338 e. The van der Waals surface area contributed by atoms with Crippen LogP contribution in [-0.2, 0) is 22.7 Å². The Hall–Kier alpha value is -3.85. The van der Waals surface area contributed by atoms with Crippen molar-refractivity contribution < 1.29 is 38.2 Å². The Morgan fingerprint density at radius 3 is 1.72 bits per heavy atom. The summed E-state index contributed by atoms with van der Waals surface area (Å²) in [5.41, 5.74) is 1.71. The highest BCUT2D eigenvalue weighted by Crippen LogP contribution is 2.28. The molecule has 0 aliphatic carbocycles. The standard InChI is InChI=1S/C23H20O8S/c1-28-20-10-14(6-8-18(20)24)22(26)29-12-16-4-2-3-5-17(16)13-30-23(27)15-7-9-19(25)21(11-15)31-32/h2-11,24-25,32H,12-13H2,1H3. The molecule has 0 atom stereocenters. The number of esters is 2.